The number of benzene rings is 2. The van der Waals surface area contributed by atoms with E-state index in [1.807, 2.05) is 0 Å². The Morgan fingerprint density at radius 1 is 1.04 bits per heavy atom. The van der Waals surface area contributed by atoms with Gasteiger partial charge in [-0.25, -0.2) is 0 Å². The van der Waals surface area contributed by atoms with Crippen LogP contribution in [0.2, 0.25) is 0 Å². The average Bonchev–Trinajstić information content (AvgIpc) is 2.93. The molecule has 1 aliphatic carbocycles. The van der Waals surface area contributed by atoms with Gasteiger partial charge in [-0.15, -0.1) is 0 Å². The molecule has 0 saturated heterocycles. The van der Waals surface area contributed by atoms with Crippen LogP contribution in [0.5, 0.6) is 0 Å². The third-order valence-electron chi connectivity index (χ3n) is 5.24. The number of fused-ring (bicyclic) bond motifs is 1. The van der Waals surface area contributed by atoms with Gasteiger partial charge in [0.15, 0.2) is 0 Å². The van der Waals surface area contributed by atoms with Crippen molar-refractivity contribution in [2.24, 2.45) is 5.92 Å². The molecule has 0 aromatic heterocycles. The Labute approximate surface area is 173 Å². The van der Waals surface area contributed by atoms with Gasteiger partial charge in [-0.2, -0.15) is 0 Å². The predicted molar refractivity (Wildman–Crippen MR) is 113 cm³/mol. The molecule has 2 aromatic carbocycles. The molecule has 0 saturated carbocycles. The van der Waals surface area contributed by atoms with Crippen molar-refractivity contribution in [2.45, 2.75) is 51.1 Å². The maximum atomic E-state index is 6.62. The Balaban J connectivity index is 2.30. The molecule has 3 rings (SSSR count). The van der Waals surface area contributed by atoms with Gasteiger partial charge in [0.25, 0.3) is 0 Å². The van der Waals surface area contributed by atoms with E-state index in [4.69, 9.17) is 17.0 Å². The van der Waals surface area contributed by atoms with Gasteiger partial charge in [0.2, 0.25) is 0 Å². The summed E-state index contributed by atoms with van der Waals surface area (Å²) in [7, 11) is 13.2. The molecule has 0 nitrogen and oxygen atoms in total. The van der Waals surface area contributed by atoms with Crippen molar-refractivity contribution in [2.75, 3.05) is 0 Å². The maximum absolute atomic E-state index is 6.62. The molecule has 3 heteroatoms. The van der Waals surface area contributed by atoms with E-state index in [2.05, 4.69) is 71.0 Å². The zero-order valence-electron chi connectivity index (χ0n) is 16.3. The number of hydrogen-bond donors (Lipinski definition) is 0. The Morgan fingerprint density at radius 3 is 2.23 bits per heavy atom. The molecule has 0 bridgehead atoms. The second-order valence-electron chi connectivity index (χ2n) is 7.75. The Morgan fingerprint density at radius 2 is 1.69 bits per heavy atom. The van der Waals surface area contributed by atoms with Crippen molar-refractivity contribution in [1.29, 1.82) is 0 Å². The molecule has 26 heavy (non-hydrogen) atoms. The first-order valence-corrected chi connectivity index (χ1v) is 17.2. The molecule has 137 valence electrons. The Kier molecular flexibility index (Phi) is 6.54. The summed E-state index contributed by atoms with van der Waals surface area (Å²) >= 11 is -2.46. The van der Waals surface area contributed by atoms with Gasteiger partial charge in [-0.3, -0.25) is 0 Å². The minimum atomic E-state index is -2.46. The number of halogens is 2. The fourth-order valence-electron chi connectivity index (χ4n) is 4.20. The summed E-state index contributed by atoms with van der Waals surface area (Å²) in [5, 5.41) is 0. The summed E-state index contributed by atoms with van der Waals surface area (Å²) in [6, 6.07) is 11.5. The fourth-order valence-corrected chi connectivity index (χ4v) is 9.92. The standard InChI is InChI=1S/C23H27.2ClH.Zr/c1-6-7-18-8-9-19-13-20(15(2)3)14-22(19)23(18)21-11-16(4)10-17(5)12-21;;;/h8-15H,6-7H2,1-5H3;2*1H;/q;;;+2/p-2. The first-order valence-electron chi connectivity index (χ1n) is 9.47. The molecule has 1 atom stereocenters. The van der Waals surface area contributed by atoms with Gasteiger partial charge in [0, 0.05) is 0 Å². The molecule has 2 aromatic rings. The molecule has 0 fully saturated rings. The van der Waals surface area contributed by atoms with Crippen molar-refractivity contribution >= 4 is 23.1 Å². The van der Waals surface area contributed by atoms with E-state index in [-0.39, 0.29) is 3.63 Å². The quantitative estimate of drug-likeness (QED) is 0.420. The third-order valence-corrected chi connectivity index (χ3v) is 10.5. The van der Waals surface area contributed by atoms with Crippen molar-refractivity contribution in [1.82, 2.24) is 0 Å². The van der Waals surface area contributed by atoms with Crippen molar-refractivity contribution < 1.29 is 19.4 Å². The second-order valence-corrected chi connectivity index (χ2v) is 16.6. The van der Waals surface area contributed by atoms with E-state index in [0.717, 1.165) is 12.8 Å². The normalized spacial score (nSPS) is 16.0. The van der Waals surface area contributed by atoms with Gasteiger partial charge in [0.1, 0.15) is 0 Å². The van der Waals surface area contributed by atoms with Crippen LogP contribution in [-0.4, -0.2) is 0 Å². The van der Waals surface area contributed by atoms with Crippen molar-refractivity contribution in [3.8, 4) is 11.1 Å². The fraction of sp³-hybridized carbons (Fsp3) is 0.391. The van der Waals surface area contributed by atoms with Crippen molar-refractivity contribution in [3.63, 3.8) is 0 Å². The first kappa shape index (κ1) is 20.4. The van der Waals surface area contributed by atoms with E-state index in [1.54, 1.807) is 0 Å². The number of aryl methyl sites for hydroxylation is 3. The zero-order chi connectivity index (χ0) is 19.0. The number of hydrogen-bond acceptors (Lipinski definition) is 0. The molecule has 0 amide bonds. The summed E-state index contributed by atoms with van der Waals surface area (Å²) in [5.74, 6) is 0.474. The van der Waals surface area contributed by atoms with E-state index < -0.39 is 19.4 Å². The molecule has 1 unspecified atom stereocenters. The van der Waals surface area contributed by atoms with Gasteiger partial charge in [-0.05, 0) is 0 Å². The van der Waals surface area contributed by atoms with Gasteiger partial charge in [-0.1, -0.05) is 0 Å². The molecule has 0 spiro atoms. The average molecular weight is 466 g/mol. The summed E-state index contributed by atoms with van der Waals surface area (Å²) < 4.78 is 0.288. The summed E-state index contributed by atoms with van der Waals surface area (Å²) in [5.41, 5.74) is 11.0. The zero-order valence-corrected chi connectivity index (χ0v) is 20.3. The third kappa shape index (κ3) is 3.92. The van der Waals surface area contributed by atoms with E-state index >= 15 is 0 Å². The summed E-state index contributed by atoms with van der Waals surface area (Å²) in [6.07, 6.45) is 4.65. The molecule has 1 aliphatic rings. The van der Waals surface area contributed by atoms with E-state index in [1.165, 1.54) is 44.5 Å². The molecular weight excluding hydrogens is 438 g/mol. The van der Waals surface area contributed by atoms with Crippen LogP contribution in [0, 0.1) is 19.8 Å². The summed E-state index contributed by atoms with van der Waals surface area (Å²) in [6.45, 7) is 11.1. The van der Waals surface area contributed by atoms with Crippen LogP contribution in [0.4, 0.5) is 0 Å². The molecule has 0 aliphatic heterocycles. The Hall–Kier alpha value is -0.357. The number of allylic oxidation sites excluding steroid dienone is 1. The van der Waals surface area contributed by atoms with Crippen LogP contribution in [0.15, 0.2) is 35.9 Å². The summed E-state index contributed by atoms with van der Waals surface area (Å²) in [4.78, 5) is 0. The van der Waals surface area contributed by atoms with Crippen LogP contribution >= 0.6 is 17.0 Å². The molecule has 0 N–H and O–H groups in total. The Bertz CT molecular complexity index is 829. The minimum absolute atomic E-state index is 0.288. The van der Waals surface area contributed by atoms with Crippen LogP contribution < -0.4 is 0 Å². The van der Waals surface area contributed by atoms with Crippen LogP contribution in [0.3, 0.4) is 0 Å². The van der Waals surface area contributed by atoms with Crippen LogP contribution in [0.1, 0.15) is 58.6 Å². The molecule has 0 heterocycles. The topological polar surface area (TPSA) is 0 Å². The SMILES string of the molecule is CCCc1ccc2c(c1-c1cc(C)cc(C)c1)C=C(C(C)C)[CH]2[Zr]([Cl])[Cl]. The monoisotopic (exact) mass is 463 g/mol. The van der Waals surface area contributed by atoms with E-state index in [0.29, 0.717) is 5.92 Å². The van der Waals surface area contributed by atoms with Gasteiger partial charge < -0.3 is 0 Å². The van der Waals surface area contributed by atoms with Crippen molar-refractivity contribution in [3.05, 3.63) is 63.7 Å². The van der Waals surface area contributed by atoms with E-state index in [9.17, 15) is 0 Å². The first-order chi connectivity index (χ1) is 12.3. The molecule has 0 radical (unpaired) electrons. The van der Waals surface area contributed by atoms with Crippen LogP contribution in [0.25, 0.3) is 17.2 Å². The molecular formula is C23H27Cl2Zr. The van der Waals surface area contributed by atoms with Crippen LogP contribution in [-0.2, 0) is 25.8 Å². The van der Waals surface area contributed by atoms with Gasteiger partial charge in [0.05, 0.1) is 0 Å². The second kappa shape index (κ2) is 8.34. The van der Waals surface area contributed by atoms with Gasteiger partial charge >= 0.3 is 174 Å². The predicted octanol–water partition coefficient (Wildman–Crippen LogP) is 7.94. The number of rotatable bonds is 5.